The molecule has 0 radical (unpaired) electrons. The molecule has 0 saturated heterocycles. The zero-order valence-corrected chi connectivity index (χ0v) is 11.2. The van der Waals surface area contributed by atoms with Crippen LogP contribution in [0, 0.1) is 6.92 Å². The van der Waals surface area contributed by atoms with Crippen LogP contribution in [0.2, 0.25) is 4.47 Å². The van der Waals surface area contributed by atoms with E-state index in [4.69, 9.17) is 16.7 Å². The van der Waals surface area contributed by atoms with Crippen LogP contribution in [0.1, 0.15) is 5.69 Å². The number of nitrogens with one attached hydrogen (secondary N) is 1. The monoisotopic (exact) mass is 324 g/mol. The number of alkyl halides is 3. The summed E-state index contributed by atoms with van der Waals surface area (Å²) in [6.45, 7) is 0.192. The maximum absolute atomic E-state index is 12.0. The van der Waals surface area contributed by atoms with E-state index in [2.05, 4.69) is 4.98 Å². The number of hydrogen-bond acceptors (Lipinski definition) is 5. The molecule has 0 aliphatic rings. The van der Waals surface area contributed by atoms with Crippen LogP contribution in [-0.2, 0) is 10.0 Å². The van der Waals surface area contributed by atoms with Gasteiger partial charge in [0.1, 0.15) is 0 Å². The van der Waals surface area contributed by atoms with Crippen LogP contribution in [-0.4, -0.2) is 37.3 Å². The lowest BCUT2D eigenvalue weighted by molar-refractivity contribution is -0.200. The minimum atomic E-state index is -4.89. The quantitative estimate of drug-likeness (QED) is 0.875. The first-order chi connectivity index (χ1) is 8.04. The standard InChI is InChI=1S/C7H8ClF3N2O3S2/c1-3-5(17-6(8)13-3)18(15,16)12-2-4(14)7(9,10)11/h4,12,14H,2H2,1H3. The van der Waals surface area contributed by atoms with Crippen molar-refractivity contribution in [2.45, 2.75) is 23.4 Å². The molecular formula is C7H8ClF3N2O3S2. The van der Waals surface area contributed by atoms with Gasteiger partial charge in [0, 0.05) is 6.54 Å². The van der Waals surface area contributed by atoms with Gasteiger partial charge >= 0.3 is 6.18 Å². The van der Waals surface area contributed by atoms with E-state index in [1.165, 1.54) is 6.92 Å². The number of nitrogens with zero attached hydrogens (tertiary/aromatic N) is 1. The van der Waals surface area contributed by atoms with Crippen molar-refractivity contribution in [1.82, 2.24) is 9.71 Å². The molecular weight excluding hydrogens is 317 g/mol. The average molecular weight is 325 g/mol. The smallest absolute Gasteiger partial charge is 0.382 e. The van der Waals surface area contributed by atoms with Crippen molar-refractivity contribution in [3.05, 3.63) is 10.2 Å². The molecule has 1 atom stereocenters. The number of rotatable bonds is 4. The molecule has 1 heterocycles. The molecule has 0 amide bonds. The third-order valence-electron chi connectivity index (χ3n) is 1.82. The lowest BCUT2D eigenvalue weighted by Gasteiger charge is -2.14. The van der Waals surface area contributed by atoms with Gasteiger partial charge < -0.3 is 5.11 Å². The fourth-order valence-corrected chi connectivity index (χ4v) is 3.79. The van der Waals surface area contributed by atoms with Crippen molar-refractivity contribution in [2.24, 2.45) is 0 Å². The summed E-state index contributed by atoms with van der Waals surface area (Å²) in [6.07, 6.45) is -7.65. The Labute approximate surface area is 110 Å². The van der Waals surface area contributed by atoms with Gasteiger partial charge in [-0.3, -0.25) is 0 Å². The van der Waals surface area contributed by atoms with Gasteiger partial charge in [-0.05, 0) is 6.92 Å². The predicted octanol–water partition coefficient (Wildman–Crippen LogP) is 1.31. The fourth-order valence-electron chi connectivity index (χ4n) is 0.970. The Kier molecular flexibility index (Phi) is 4.60. The Hall–Kier alpha value is -0.420. The summed E-state index contributed by atoms with van der Waals surface area (Å²) >= 11 is 6.11. The van der Waals surface area contributed by atoms with Gasteiger partial charge in [0.2, 0.25) is 0 Å². The number of aryl methyl sites for hydroxylation is 1. The Bertz CT molecular complexity index is 529. The fraction of sp³-hybridized carbons (Fsp3) is 0.571. The molecule has 0 aliphatic carbocycles. The van der Waals surface area contributed by atoms with E-state index in [1.807, 2.05) is 0 Å². The SMILES string of the molecule is Cc1nc(Cl)sc1S(=O)(=O)NCC(O)C(F)(F)F. The van der Waals surface area contributed by atoms with Crippen molar-refractivity contribution in [3.8, 4) is 0 Å². The highest BCUT2D eigenvalue weighted by molar-refractivity contribution is 7.91. The largest absolute Gasteiger partial charge is 0.415 e. The molecule has 5 nitrogen and oxygen atoms in total. The number of hydrogen-bond donors (Lipinski definition) is 2. The number of aromatic nitrogens is 1. The molecule has 0 bridgehead atoms. The first-order valence-electron chi connectivity index (χ1n) is 4.41. The topological polar surface area (TPSA) is 79.3 Å². The van der Waals surface area contributed by atoms with E-state index in [1.54, 1.807) is 4.72 Å². The Morgan fingerprint density at radius 1 is 1.56 bits per heavy atom. The van der Waals surface area contributed by atoms with E-state index >= 15 is 0 Å². The molecule has 0 fully saturated rings. The lowest BCUT2D eigenvalue weighted by Crippen LogP contribution is -2.40. The van der Waals surface area contributed by atoms with Gasteiger partial charge in [-0.25, -0.2) is 18.1 Å². The number of sulfonamides is 1. The van der Waals surface area contributed by atoms with Crippen LogP contribution in [0.5, 0.6) is 0 Å². The third-order valence-corrected chi connectivity index (χ3v) is 5.11. The summed E-state index contributed by atoms with van der Waals surface area (Å²) in [7, 11) is -4.16. The number of thiazole rings is 1. The third kappa shape index (κ3) is 3.79. The minimum Gasteiger partial charge on any atom is -0.382 e. The van der Waals surface area contributed by atoms with Gasteiger partial charge in [-0.15, -0.1) is 0 Å². The van der Waals surface area contributed by atoms with Crippen LogP contribution in [0.3, 0.4) is 0 Å². The summed E-state index contributed by atoms with van der Waals surface area (Å²) in [6, 6.07) is 0. The van der Waals surface area contributed by atoms with Gasteiger partial charge in [-0.2, -0.15) is 13.2 Å². The van der Waals surface area contributed by atoms with Crippen LogP contribution < -0.4 is 4.72 Å². The molecule has 1 rings (SSSR count). The molecule has 11 heteroatoms. The van der Waals surface area contributed by atoms with E-state index < -0.39 is 28.8 Å². The van der Waals surface area contributed by atoms with Gasteiger partial charge in [0.25, 0.3) is 10.0 Å². The summed E-state index contributed by atoms with van der Waals surface area (Å²) in [4.78, 5) is 3.63. The highest BCUT2D eigenvalue weighted by Crippen LogP contribution is 2.27. The second-order valence-corrected chi connectivity index (χ2v) is 6.79. The molecule has 0 saturated carbocycles. The number of aliphatic hydroxyl groups excluding tert-OH is 1. The van der Waals surface area contributed by atoms with Crippen LogP contribution >= 0.6 is 22.9 Å². The van der Waals surface area contributed by atoms with Crippen LogP contribution in [0.15, 0.2) is 4.21 Å². The summed E-state index contributed by atoms with van der Waals surface area (Å²) in [5.74, 6) is 0. The predicted molar refractivity (Wildman–Crippen MR) is 59.1 cm³/mol. The maximum atomic E-state index is 12.0. The zero-order chi connectivity index (χ0) is 14.1. The van der Waals surface area contributed by atoms with E-state index in [0.717, 1.165) is 0 Å². The lowest BCUT2D eigenvalue weighted by atomic mass is 10.4. The van der Waals surface area contributed by atoms with Gasteiger partial charge in [0.05, 0.1) is 5.69 Å². The number of aliphatic hydroxyl groups is 1. The van der Waals surface area contributed by atoms with Crippen molar-refractivity contribution < 1.29 is 26.7 Å². The first kappa shape index (κ1) is 15.6. The highest BCUT2D eigenvalue weighted by Gasteiger charge is 2.39. The van der Waals surface area contributed by atoms with Crippen molar-refractivity contribution >= 4 is 33.0 Å². The summed E-state index contributed by atoms with van der Waals surface area (Å²) in [5.41, 5.74) is 0.0824. The van der Waals surface area contributed by atoms with E-state index in [0.29, 0.717) is 11.3 Å². The summed E-state index contributed by atoms with van der Waals surface area (Å²) < 4.78 is 60.6. The molecule has 1 aromatic heterocycles. The van der Waals surface area contributed by atoms with Crippen molar-refractivity contribution in [1.29, 1.82) is 0 Å². The Morgan fingerprint density at radius 2 is 2.11 bits per heavy atom. The second-order valence-electron chi connectivity index (χ2n) is 3.25. The molecule has 1 aromatic rings. The Balaban J connectivity index is 2.81. The Morgan fingerprint density at radius 3 is 2.50 bits per heavy atom. The number of halogens is 4. The van der Waals surface area contributed by atoms with Crippen LogP contribution in [0.4, 0.5) is 13.2 Å². The highest BCUT2D eigenvalue weighted by atomic mass is 35.5. The molecule has 18 heavy (non-hydrogen) atoms. The van der Waals surface area contributed by atoms with E-state index in [9.17, 15) is 21.6 Å². The maximum Gasteiger partial charge on any atom is 0.415 e. The first-order valence-corrected chi connectivity index (χ1v) is 7.09. The molecule has 2 N–H and O–H groups in total. The van der Waals surface area contributed by atoms with Gasteiger partial charge in [-0.1, -0.05) is 22.9 Å². The molecule has 0 aliphatic heterocycles. The van der Waals surface area contributed by atoms with Gasteiger partial charge in [0.15, 0.2) is 14.8 Å². The van der Waals surface area contributed by atoms with Crippen LogP contribution in [0.25, 0.3) is 0 Å². The molecule has 104 valence electrons. The molecule has 0 aromatic carbocycles. The van der Waals surface area contributed by atoms with Crippen molar-refractivity contribution in [2.75, 3.05) is 6.54 Å². The minimum absolute atomic E-state index is 0.0377. The molecule has 0 spiro atoms. The van der Waals surface area contributed by atoms with Crippen molar-refractivity contribution in [3.63, 3.8) is 0 Å². The molecule has 1 unspecified atom stereocenters. The summed E-state index contributed by atoms with van der Waals surface area (Å²) in [5, 5.41) is 8.68. The normalized spacial score (nSPS) is 14.8. The zero-order valence-electron chi connectivity index (χ0n) is 8.82. The average Bonchev–Trinajstić information content (AvgIpc) is 2.53. The van der Waals surface area contributed by atoms with E-state index in [-0.39, 0.29) is 14.4 Å². The second kappa shape index (κ2) is 5.29.